The first kappa shape index (κ1) is 21.8. The van der Waals surface area contributed by atoms with Crippen LogP contribution in [0.25, 0.3) is 11.0 Å². The largest absolute Gasteiger partial charge is 0.493 e. The Morgan fingerprint density at radius 1 is 1.09 bits per heavy atom. The predicted molar refractivity (Wildman–Crippen MR) is 121 cm³/mol. The van der Waals surface area contributed by atoms with Crippen LogP contribution in [-0.2, 0) is 11.2 Å². The van der Waals surface area contributed by atoms with Crippen LogP contribution in [-0.4, -0.2) is 20.0 Å². The third kappa shape index (κ3) is 3.64. The molecule has 3 heterocycles. The van der Waals surface area contributed by atoms with Gasteiger partial charge in [0.15, 0.2) is 11.5 Å². The lowest BCUT2D eigenvalue weighted by atomic mass is 9.84. The van der Waals surface area contributed by atoms with Gasteiger partial charge in [-0.3, -0.25) is 0 Å². The normalized spacial score (nSPS) is 20.7. The van der Waals surface area contributed by atoms with E-state index in [-0.39, 0.29) is 11.1 Å². The Morgan fingerprint density at radius 2 is 1.88 bits per heavy atom. The highest BCUT2D eigenvalue weighted by Crippen LogP contribution is 2.52. The van der Waals surface area contributed by atoms with Gasteiger partial charge in [0.05, 0.1) is 19.6 Å². The predicted octanol–water partition coefficient (Wildman–Crippen LogP) is 5.67. The fraction of sp³-hybridized carbons (Fsp3) is 0.423. The van der Waals surface area contributed by atoms with E-state index in [1.807, 2.05) is 12.1 Å². The number of methoxy groups -OCH3 is 2. The van der Waals surface area contributed by atoms with Crippen molar-refractivity contribution in [1.82, 2.24) is 0 Å². The van der Waals surface area contributed by atoms with Gasteiger partial charge >= 0.3 is 5.63 Å². The Morgan fingerprint density at radius 3 is 2.64 bits per heavy atom. The minimum Gasteiger partial charge on any atom is -0.493 e. The van der Waals surface area contributed by atoms with Crippen LogP contribution < -0.4 is 19.8 Å². The summed E-state index contributed by atoms with van der Waals surface area (Å²) >= 11 is 0. The Balaban J connectivity index is 1.71. The SMILES string of the molecule is CCCCCCC12Cc3cc(OC)c(OC)cc3C(O1)c1c(c3cc(F)ccc3oc1=O)O2. The van der Waals surface area contributed by atoms with Crippen molar-refractivity contribution in [1.29, 1.82) is 0 Å². The van der Waals surface area contributed by atoms with Crippen molar-refractivity contribution in [2.45, 2.75) is 57.3 Å². The van der Waals surface area contributed by atoms with Crippen LogP contribution in [0.1, 0.15) is 61.8 Å². The molecule has 0 saturated carbocycles. The quantitative estimate of drug-likeness (QED) is 0.338. The van der Waals surface area contributed by atoms with Gasteiger partial charge in [-0.15, -0.1) is 0 Å². The molecule has 174 valence electrons. The van der Waals surface area contributed by atoms with Crippen molar-refractivity contribution in [2.24, 2.45) is 0 Å². The van der Waals surface area contributed by atoms with E-state index in [4.69, 9.17) is 23.4 Å². The lowest BCUT2D eigenvalue weighted by Crippen LogP contribution is -2.50. The molecule has 5 rings (SSSR count). The molecule has 0 N–H and O–H groups in total. The zero-order valence-electron chi connectivity index (χ0n) is 19.0. The van der Waals surface area contributed by atoms with Crippen LogP contribution in [0.4, 0.5) is 4.39 Å². The van der Waals surface area contributed by atoms with Crippen LogP contribution in [0.2, 0.25) is 0 Å². The number of benzene rings is 2. The summed E-state index contributed by atoms with van der Waals surface area (Å²) in [4.78, 5) is 13.1. The van der Waals surface area contributed by atoms with Gasteiger partial charge in [0.25, 0.3) is 0 Å². The topological polar surface area (TPSA) is 67.1 Å². The van der Waals surface area contributed by atoms with Crippen LogP contribution in [0.3, 0.4) is 0 Å². The maximum absolute atomic E-state index is 14.2. The summed E-state index contributed by atoms with van der Waals surface area (Å²) in [5.74, 6) is 0.0886. The van der Waals surface area contributed by atoms with Crippen molar-refractivity contribution in [3.05, 3.63) is 63.3 Å². The lowest BCUT2D eigenvalue weighted by molar-refractivity contribution is -0.232. The molecular weight excluding hydrogens is 427 g/mol. The average molecular weight is 454 g/mol. The van der Waals surface area contributed by atoms with Gasteiger partial charge in [-0.05, 0) is 47.9 Å². The minimum atomic E-state index is -0.967. The molecule has 0 amide bonds. The molecule has 33 heavy (non-hydrogen) atoms. The Hall–Kier alpha value is -3.06. The van der Waals surface area contributed by atoms with Gasteiger partial charge in [-0.1, -0.05) is 26.2 Å². The van der Waals surface area contributed by atoms with Crippen molar-refractivity contribution in [2.75, 3.05) is 14.2 Å². The van der Waals surface area contributed by atoms with Crippen LogP contribution in [0.15, 0.2) is 39.5 Å². The molecule has 2 bridgehead atoms. The molecule has 7 heteroatoms. The number of hydrogen-bond acceptors (Lipinski definition) is 6. The molecule has 0 aliphatic carbocycles. The second-order valence-electron chi connectivity index (χ2n) is 8.68. The van der Waals surface area contributed by atoms with E-state index < -0.39 is 23.3 Å². The van der Waals surface area contributed by atoms with Crippen LogP contribution in [0, 0.1) is 5.82 Å². The van der Waals surface area contributed by atoms with Gasteiger partial charge in [0.1, 0.15) is 28.8 Å². The number of ether oxygens (including phenoxy) is 4. The summed E-state index contributed by atoms with van der Waals surface area (Å²) in [5, 5.41) is 0.430. The van der Waals surface area contributed by atoms with E-state index in [0.29, 0.717) is 35.5 Å². The highest BCUT2D eigenvalue weighted by atomic mass is 19.1. The molecule has 0 saturated heterocycles. The van der Waals surface area contributed by atoms with Gasteiger partial charge < -0.3 is 23.4 Å². The second-order valence-corrected chi connectivity index (χ2v) is 8.68. The highest BCUT2D eigenvalue weighted by molar-refractivity contribution is 5.85. The molecule has 0 radical (unpaired) electrons. The van der Waals surface area contributed by atoms with Crippen molar-refractivity contribution < 1.29 is 27.8 Å². The summed E-state index contributed by atoms with van der Waals surface area (Å²) in [7, 11) is 3.15. The smallest absolute Gasteiger partial charge is 0.346 e. The first-order valence-electron chi connectivity index (χ1n) is 11.4. The molecular formula is C26H27FO6. The fourth-order valence-corrected chi connectivity index (χ4v) is 4.92. The molecule has 3 aromatic rings. The Bertz CT molecular complexity index is 1270. The molecule has 2 aliphatic heterocycles. The number of fused-ring (bicyclic) bond motifs is 8. The molecule has 0 spiro atoms. The highest BCUT2D eigenvalue weighted by Gasteiger charge is 2.49. The molecule has 0 fully saturated rings. The van der Waals surface area contributed by atoms with Crippen molar-refractivity contribution in [3.8, 4) is 17.2 Å². The molecule has 2 unspecified atom stereocenters. The van der Waals surface area contributed by atoms with Crippen molar-refractivity contribution >= 4 is 11.0 Å². The first-order chi connectivity index (χ1) is 16.0. The molecule has 2 aliphatic rings. The van der Waals surface area contributed by atoms with Gasteiger partial charge in [0.2, 0.25) is 5.79 Å². The van der Waals surface area contributed by atoms with E-state index in [1.165, 1.54) is 18.2 Å². The van der Waals surface area contributed by atoms with E-state index >= 15 is 0 Å². The molecule has 2 atom stereocenters. The Kier molecular flexibility index (Phi) is 5.52. The van der Waals surface area contributed by atoms with Crippen LogP contribution in [0.5, 0.6) is 17.2 Å². The van der Waals surface area contributed by atoms with E-state index in [1.54, 1.807) is 14.2 Å². The third-order valence-corrected chi connectivity index (χ3v) is 6.54. The molecule has 1 aromatic heterocycles. The third-order valence-electron chi connectivity index (χ3n) is 6.54. The number of rotatable bonds is 7. The monoisotopic (exact) mass is 454 g/mol. The second kappa shape index (κ2) is 8.37. The van der Waals surface area contributed by atoms with E-state index in [0.717, 1.165) is 36.8 Å². The van der Waals surface area contributed by atoms with E-state index in [9.17, 15) is 9.18 Å². The maximum Gasteiger partial charge on any atom is 0.346 e. The lowest BCUT2D eigenvalue weighted by Gasteiger charge is -2.46. The zero-order chi connectivity index (χ0) is 23.2. The van der Waals surface area contributed by atoms with Crippen molar-refractivity contribution in [3.63, 3.8) is 0 Å². The standard InChI is InChI=1S/C26H27FO6/c1-4-5-6-7-10-26-14-15-11-20(29-2)21(30-3)13-17(15)23(32-26)22-24(33-26)18-12-16(27)8-9-19(18)31-25(22)28/h8-9,11-13,23H,4-7,10,14H2,1-3H3. The fourth-order valence-electron chi connectivity index (χ4n) is 4.92. The molecule has 6 nitrogen and oxygen atoms in total. The van der Waals surface area contributed by atoms with Gasteiger partial charge in [-0.25, -0.2) is 9.18 Å². The van der Waals surface area contributed by atoms with Crippen LogP contribution >= 0.6 is 0 Å². The first-order valence-corrected chi connectivity index (χ1v) is 11.4. The Labute approximate surface area is 191 Å². The van der Waals surface area contributed by atoms with Gasteiger partial charge in [-0.2, -0.15) is 0 Å². The summed E-state index contributed by atoms with van der Waals surface area (Å²) < 4.78 is 43.7. The number of hydrogen-bond donors (Lipinski definition) is 0. The zero-order valence-corrected chi connectivity index (χ0v) is 19.0. The summed E-state index contributed by atoms with van der Waals surface area (Å²) in [6.07, 6.45) is 4.60. The van der Waals surface area contributed by atoms with E-state index in [2.05, 4.69) is 6.92 Å². The summed E-state index contributed by atoms with van der Waals surface area (Å²) in [6, 6.07) is 7.82. The molecule has 2 aromatic carbocycles. The summed E-state index contributed by atoms with van der Waals surface area (Å²) in [6.45, 7) is 2.16. The average Bonchev–Trinajstić information content (AvgIpc) is 2.81. The number of unbranched alkanes of at least 4 members (excludes halogenated alkanes) is 3. The maximum atomic E-state index is 14.2. The summed E-state index contributed by atoms with van der Waals surface area (Å²) in [5.41, 5.74) is 1.73. The van der Waals surface area contributed by atoms with Gasteiger partial charge in [0, 0.05) is 12.8 Å². The number of halogens is 1. The minimum absolute atomic E-state index is 0.241.